The molecule has 0 heterocycles. The summed E-state index contributed by atoms with van der Waals surface area (Å²) in [4.78, 5) is 1.20. The van der Waals surface area contributed by atoms with E-state index >= 15 is 0 Å². The molecule has 0 fully saturated rings. The summed E-state index contributed by atoms with van der Waals surface area (Å²) in [5, 5.41) is 0. The first-order valence-electron chi connectivity index (χ1n) is 9.09. The van der Waals surface area contributed by atoms with Crippen molar-refractivity contribution in [3.63, 3.8) is 0 Å². The van der Waals surface area contributed by atoms with Crippen LogP contribution in [0.15, 0.2) is 40.8 Å². The van der Waals surface area contributed by atoms with Crippen molar-refractivity contribution in [2.45, 2.75) is 77.0 Å². The molecular formula is C22H32S. The molecule has 0 bridgehead atoms. The van der Waals surface area contributed by atoms with Crippen LogP contribution in [0.4, 0.5) is 0 Å². The lowest BCUT2D eigenvalue weighted by Crippen LogP contribution is -2.18. The lowest BCUT2D eigenvalue weighted by molar-refractivity contribution is 0.481. The summed E-state index contributed by atoms with van der Waals surface area (Å²) in [5.41, 5.74) is 7.04. The Balaban J connectivity index is 2.33. The van der Waals surface area contributed by atoms with Gasteiger partial charge in [0.2, 0.25) is 0 Å². The molecule has 2 atom stereocenters. The van der Waals surface area contributed by atoms with Gasteiger partial charge in [-0.05, 0) is 69.1 Å². The minimum Gasteiger partial charge on any atom is -0.143 e. The molecule has 0 spiro atoms. The summed E-state index contributed by atoms with van der Waals surface area (Å²) >= 11 is 4.86. The van der Waals surface area contributed by atoms with Crippen molar-refractivity contribution in [1.29, 1.82) is 0 Å². The standard InChI is InChI=1S/C22H32S/c1-6-7-8-9-18-11-13-20(17(5)22(18)23)21-14-16(4)10-12-19(21)15(2)3/h11,13-14,19,21,23H,2,6-10,12H2,1,3-5H3. The van der Waals surface area contributed by atoms with Crippen molar-refractivity contribution in [3.05, 3.63) is 52.6 Å². The Kier molecular flexibility index (Phi) is 6.59. The Bertz CT molecular complexity index is 594. The minimum atomic E-state index is 0.469. The maximum Gasteiger partial charge on any atom is 0.0104 e. The van der Waals surface area contributed by atoms with Crippen LogP contribution in [0, 0.1) is 12.8 Å². The van der Waals surface area contributed by atoms with E-state index in [1.54, 1.807) is 0 Å². The van der Waals surface area contributed by atoms with E-state index in [4.69, 9.17) is 12.6 Å². The molecule has 0 radical (unpaired) electrons. The van der Waals surface area contributed by atoms with E-state index < -0.39 is 0 Å². The molecule has 1 aromatic carbocycles. The van der Waals surface area contributed by atoms with Crippen LogP contribution in [0.2, 0.25) is 0 Å². The van der Waals surface area contributed by atoms with Gasteiger partial charge in [0.15, 0.2) is 0 Å². The molecule has 0 amide bonds. The summed E-state index contributed by atoms with van der Waals surface area (Å²) in [7, 11) is 0. The summed E-state index contributed by atoms with van der Waals surface area (Å²) < 4.78 is 0. The molecule has 1 heteroatoms. The van der Waals surface area contributed by atoms with E-state index in [0.717, 1.165) is 6.42 Å². The van der Waals surface area contributed by atoms with E-state index in [2.05, 4.69) is 52.5 Å². The van der Waals surface area contributed by atoms with Crippen molar-refractivity contribution < 1.29 is 0 Å². The lowest BCUT2D eigenvalue weighted by atomic mass is 9.73. The number of rotatable bonds is 6. The number of thiol groups is 1. The molecule has 1 aliphatic rings. The van der Waals surface area contributed by atoms with Gasteiger partial charge in [0.05, 0.1) is 0 Å². The van der Waals surface area contributed by atoms with Crippen molar-refractivity contribution in [3.8, 4) is 0 Å². The monoisotopic (exact) mass is 328 g/mol. The number of unbranched alkanes of at least 4 members (excludes halogenated alkanes) is 2. The zero-order valence-electron chi connectivity index (χ0n) is 15.3. The quantitative estimate of drug-likeness (QED) is 0.323. The molecule has 2 rings (SSSR count). The zero-order valence-corrected chi connectivity index (χ0v) is 16.2. The lowest BCUT2D eigenvalue weighted by Gasteiger charge is -2.32. The Morgan fingerprint density at radius 1 is 1.26 bits per heavy atom. The molecule has 1 aromatic rings. The SMILES string of the molecule is C=C(C)C1CCC(C)=CC1c1ccc(CCCCC)c(S)c1C. The van der Waals surface area contributed by atoms with Gasteiger partial charge < -0.3 is 0 Å². The fourth-order valence-corrected chi connectivity index (χ4v) is 4.14. The third-order valence-corrected chi connectivity index (χ3v) is 5.97. The van der Waals surface area contributed by atoms with Gasteiger partial charge in [-0.1, -0.05) is 55.7 Å². The predicted octanol–water partition coefficient (Wildman–Crippen LogP) is 7.03. The van der Waals surface area contributed by atoms with Gasteiger partial charge in [0.25, 0.3) is 0 Å². The van der Waals surface area contributed by atoms with Crippen molar-refractivity contribution in [2.24, 2.45) is 5.92 Å². The highest BCUT2D eigenvalue weighted by Gasteiger charge is 2.27. The Morgan fingerprint density at radius 3 is 2.65 bits per heavy atom. The molecule has 0 aliphatic heterocycles. The highest BCUT2D eigenvalue weighted by atomic mass is 32.1. The number of hydrogen-bond donors (Lipinski definition) is 1. The maximum atomic E-state index is 4.86. The Hall–Kier alpha value is -0.950. The van der Waals surface area contributed by atoms with Crippen LogP contribution in [-0.4, -0.2) is 0 Å². The normalized spacial score (nSPS) is 21.2. The van der Waals surface area contributed by atoms with Gasteiger partial charge in [0.1, 0.15) is 0 Å². The number of hydrogen-bond acceptors (Lipinski definition) is 1. The van der Waals surface area contributed by atoms with Crippen molar-refractivity contribution >= 4 is 12.6 Å². The van der Waals surface area contributed by atoms with Crippen LogP contribution in [0.5, 0.6) is 0 Å². The van der Waals surface area contributed by atoms with Crippen molar-refractivity contribution in [2.75, 3.05) is 0 Å². The molecule has 23 heavy (non-hydrogen) atoms. The molecule has 126 valence electrons. The molecule has 0 N–H and O–H groups in total. The largest absolute Gasteiger partial charge is 0.143 e. The Morgan fingerprint density at radius 2 is 2.00 bits per heavy atom. The number of benzene rings is 1. The van der Waals surface area contributed by atoms with Crippen LogP contribution >= 0.6 is 12.6 Å². The van der Waals surface area contributed by atoms with Crippen LogP contribution < -0.4 is 0 Å². The van der Waals surface area contributed by atoms with Crippen molar-refractivity contribution in [1.82, 2.24) is 0 Å². The third-order valence-electron chi connectivity index (χ3n) is 5.35. The van der Waals surface area contributed by atoms with Crippen LogP contribution in [0.25, 0.3) is 0 Å². The first-order chi connectivity index (χ1) is 11.0. The number of aryl methyl sites for hydroxylation is 1. The van der Waals surface area contributed by atoms with Gasteiger partial charge in [-0.2, -0.15) is 0 Å². The van der Waals surface area contributed by atoms with Crippen LogP contribution in [0.3, 0.4) is 0 Å². The summed E-state index contributed by atoms with van der Waals surface area (Å²) in [6, 6.07) is 4.67. The van der Waals surface area contributed by atoms with Crippen LogP contribution in [-0.2, 0) is 6.42 Å². The fourth-order valence-electron chi connectivity index (χ4n) is 3.83. The molecule has 2 unspecified atom stereocenters. The minimum absolute atomic E-state index is 0.469. The Labute approximate surface area is 148 Å². The first kappa shape index (κ1) is 18.4. The first-order valence-corrected chi connectivity index (χ1v) is 9.54. The van der Waals surface area contributed by atoms with E-state index in [1.807, 2.05) is 0 Å². The molecule has 0 saturated heterocycles. The topological polar surface area (TPSA) is 0 Å². The van der Waals surface area contributed by atoms with Gasteiger partial charge in [-0.15, -0.1) is 12.6 Å². The van der Waals surface area contributed by atoms with E-state index in [-0.39, 0.29) is 0 Å². The van der Waals surface area contributed by atoms with Crippen LogP contribution in [0.1, 0.15) is 75.5 Å². The smallest absolute Gasteiger partial charge is 0.0104 e. The second-order valence-corrected chi connectivity index (χ2v) is 7.72. The maximum absolute atomic E-state index is 4.86. The van der Waals surface area contributed by atoms with Gasteiger partial charge in [0, 0.05) is 10.8 Å². The molecule has 1 aliphatic carbocycles. The third kappa shape index (κ3) is 4.32. The summed E-state index contributed by atoms with van der Waals surface area (Å²) in [6.07, 6.45) is 9.88. The highest BCUT2D eigenvalue weighted by Crippen LogP contribution is 2.42. The molecule has 0 saturated carbocycles. The van der Waals surface area contributed by atoms with Gasteiger partial charge in [-0.3, -0.25) is 0 Å². The van der Waals surface area contributed by atoms with Gasteiger partial charge >= 0.3 is 0 Å². The number of allylic oxidation sites excluding steroid dienone is 3. The fraction of sp³-hybridized carbons (Fsp3) is 0.545. The average molecular weight is 329 g/mol. The van der Waals surface area contributed by atoms with Gasteiger partial charge in [-0.25, -0.2) is 0 Å². The second-order valence-electron chi connectivity index (χ2n) is 7.27. The average Bonchev–Trinajstić information content (AvgIpc) is 2.51. The summed E-state index contributed by atoms with van der Waals surface area (Å²) in [6.45, 7) is 13.2. The molecule has 0 aromatic heterocycles. The zero-order chi connectivity index (χ0) is 17.0. The predicted molar refractivity (Wildman–Crippen MR) is 106 cm³/mol. The second kappa shape index (κ2) is 8.24. The summed E-state index contributed by atoms with van der Waals surface area (Å²) in [5.74, 6) is 1.04. The van der Waals surface area contributed by atoms with E-state index in [9.17, 15) is 0 Å². The van der Waals surface area contributed by atoms with E-state index in [0.29, 0.717) is 11.8 Å². The molecule has 0 nitrogen and oxygen atoms in total. The highest BCUT2D eigenvalue weighted by molar-refractivity contribution is 7.80. The van der Waals surface area contributed by atoms with E-state index in [1.165, 1.54) is 64.8 Å². The molecular weight excluding hydrogens is 296 g/mol.